The first-order valence-corrected chi connectivity index (χ1v) is 23.6. The van der Waals surface area contributed by atoms with E-state index in [1.54, 1.807) is 0 Å². The Labute approximate surface area is 375 Å². The molecule has 13 rings (SSSR count). The third-order valence-corrected chi connectivity index (χ3v) is 15.7. The van der Waals surface area contributed by atoms with E-state index in [-0.39, 0.29) is 0 Å². The lowest BCUT2D eigenvalue weighted by atomic mass is 9.93. The summed E-state index contributed by atoms with van der Waals surface area (Å²) < 4.78 is 7.82. The molecule has 0 aliphatic carbocycles. The Balaban J connectivity index is 1.00. The Morgan fingerprint density at radius 1 is 0.222 bits per heavy atom. The average molecular weight is 855 g/mol. The molecule has 4 aromatic heterocycles. The number of fused-ring (bicyclic) bond motifs is 9. The Morgan fingerprint density at radius 3 is 1.11 bits per heavy atom. The molecule has 0 fully saturated rings. The first kappa shape index (κ1) is 36.4. The Kier molecular flexibility index (Phi) is 8.48. The summed E-state index contributed by atoms with van der Waals surface area (Å²) in [5, 5.41) is 7.76. The van der Waals surface area contributed by atoms with Gasteiger partial charge in [-0.2, -0.15) is 0 Å². The molecule has 0 radical (unpaired) electrons. The zero-order chi connectivity index (χ0) is 41.4. The number of benzene rings is 9. The van der Waals surface area contributed by atoms with Crippen molar-refractivity contribution in [2.45, 2.75) is 0 Å². The van der Waals surface area contributed by atoms with E-state index in [1.165, 1.54) is 77.2 Å². The van der Waals surface area contributed by atoms with Crippen LogP contribution >= 0.6 is 34.0 Å². The largest absolute Gasteiger partial charge is 0.228 e. The molecule has 0 saturated carbocycles. The van der Waals surface area contributed by atoms with Gasteiger partial charge in [0.15, 0.2) is 5.82 Å². The molecule has 13 aromatic rings. The molecule has 4 heterocycles. The maximum absolute atomic E-state index is 5.37. The summed E-state index contributed by atoms with van der Waals surface area (Å²) in [7, 11) is 0. The lowest BCUT2D eigenvalue weighted by Crippen LogP contribution is -1.97. The fourth-order valence-electron chi connectivity index (χ4n) is 9.14. The van der Waals surface area contributed by atoms with Crippen molar-refractivity contribution in [3.63, 3.8) is 0 Å². The second-order valence-corrected chi connectivity index (χ2v) is 19.4. The van der Waals surface area contributed by atoms with E-state index < -0.39 is 0 Å². The van der Waals surface area contributed by atoms with Gasteiger partial charge in [-0.25, -0.2) is 9.97 Å². The van der Waals surface area contributed by atoms with Crippen molar-refractivity contribution in [1.82, 2.24) is 9.97 Å². The minimum Gasteiger partial charge on any atom is -0.228 e. The second-order valence-electron chi connectivity index (χ2n) is 16.1. The summed E-state index contributed by atoms with van der Waals surface area (Å²) >= 11 is 5.55. The maximum Gasteiger partial charge on any atom is 0.160 e. The molecule has 0 N–H and O–H groups in total. The van der Waals surface area contributed by atoms with Gasteiger partial charge in [-0.1, -0.05) is 121 Å². The summed E-state index contributed by atoms with van der Waals surface area (Å²) in [6.07, 6.45) is 0. The smallest absolute Gasteiger partial charge is 0.160 e. The maximum atomic E-state index is 5.37. The highest BCUT2D eigenvalue weighted by Crippen LogP contribution is 2.42. The quantitative estimate of drug-likeness (QED) is 0.167. The van der Waals surface area contributed by atoms with E-state index >= 15 is 0 Å². The number of aromatic nitrogens is 2. The van der Waals surface area contributed by atoms with Crippen LogP contribution in [0.4, 0.5) is 0 Å². The standard InChI is InChI=1S/C58H34N2S3/c1-2-11-35(12-3-1)58-59-50(40-14-10-13-36(27-40)37-21-24-55-47(31-37)44-15-4-7-18-52(44)61-55)34-51(60-58)43-29-41(38-22-25-56-48(32-38)45-16-5-8-19-53(45)62-56)28-42(30-43)39-23-26-57-49(33-39)46-17-6-9-20-54(46)63-57/h1-34H. The van der Waals surface area contributed by atoms with Crippen molar-refractivity contribution in [3.8, 4) is 67.3 Å². The topological polar surface area (TPSA) is 25.8 Å². The first-order chi connectivity index (χ1) is 31.1. The van der Waals surface area contributed by atoms with Crippen LogP contribution in [0.5, 0.6) is 0 Å². The number of thiophene rings is 3. The molecule has 63 heavy (non-hydrogen) atoms. The Hall–Kier alpha value is -7.28. The first-order valence-electron chi connectivity index (χ1n) is 21.1. The number of rotatable bonds is 6. The van der Waals surface area contributed by atoms with Crippen LogP contribution in [0.15, 0.2) is 206 Å². The predicted molar refractivity (Wildman–Crippen MR) is 273 cm³/mol. The lowest BCUT2D eigenvalue weighted by Gasteiger charge is -2.14. The van der Waals surface area contributed by atoms with Crippen LogP contribution < -0.4 is 0 Å². The van der Waals surface area contributed by atoms with Crippen LogP contribution in [0, 0.1) is 0 Å². The molecule has 9 aromatic carbocycles. The van der Waals surface area contributed by atoms with E-state index in [2.05, 4.69) is 200 Å². The van der Waals surface area contributed by atoms with E-state index in [9.17, 15) is 0 Å². The van der Waals surface area contributed by atoms with Crippen LogP contribution in [0.2, 0.25) is 0 Å². The van der Waals surface area contributed by atoms with E-state index in [4.69, 9.17) is 9.97 Å². The summed E-state index contributed by atoms with van der Waals surface area (Å²) in [6, 6.07) is 75.2. The molecular weight excluding hydrogens is 821 g/mol. The summed E-state index contributed by atoms with van der Waals surface area (Å²) in [4.78, 5) is 10.7. The van der Waals surface area contributed by atoms with Crippen LogP contribution in [-0.2, 0) is 0 Å². The summed E-state index contributed by atoms with van der Waals surface area (Å²) in [6.45, 7) is 0. The molecule has 294 valence electrons. The van der Waals surface area contributed by atoms with Gasteiger partial charge in [-0.05, 0) is 118 Å². The molecule has 0 aliphatic rings. The van der Waals surface area contributed by atoms with Gasteiger partial charge in [0.2, 0.25) is 0 Å². The molecule has 0 unspecified atom stereocenters. The van der Waals surface area contributed by atoms with Crippen LogP contribution in [0.3, 0.4) is 0 Å². The van der Waals surface area contributed by atoms with Crippen molar-refractivity contribution in [1.29, 1.82) is 0 Å². The predicted octanol–water partition coefficient (Wildman–Crippen LogP) is 17.6. The van der Waals surface area contributed by atoms with E-state index in [0.29, 0.717) is 5.82 Å². The summed E-state index contributed by atoms with van der Waals surface area (Å²) in [5.74, 6) is 0.698. The highest BCUT2D eigenvalue weighted by atomic mass is 32.1. The van der Waals surface area contributed by atoms with Gasteiger partial charge in [0.05, 0.1) is 11.4 Å². The molecule has 5 heteroatoms. The summed E-state index contributed by atoms with van der Waals surface area (Å²) in [5.41, 5.74) is 11.8. The van der Waals surface area contributed by atoms with Crippen molar-refractivity contribution in [2.75, 3.05) is 0 Å². The highest BCUT2D eigenvalue weighted by Gasteiger charge is 2.17. The molecule has 0 spiro atoms. The van der Waals surface area contributed by atoms with Crippen molar-refractivity contribution in [3.05, 3.63) is 206 Å². The average Bonchev–Trinajstić information content (AvgIpc) is 4.04. The van der Waals surface area contributed by atoms with Crippen LogP contribution in [0.25, 0.3) is 128 Å². The molecular formula is C58H34N2S3. The van der Waals surface area contributed by atoms with Crippen molar-refractivity contribution < 1.29 is 0 Å². The van der Waals surface area contributed by atoms with Gasteiger partial charge >= 0.3 is 0 Å². The number of hydrogen-bond acceptors (Lipinski definition) is 5. The van der Waals surface area contributed by atoms with E-state index in [1.807, 2.05) is 40.1 Å². The fourth-order valence-corrected chi connectivity index (χ4v) is 12.4. The second kappa shape index (κ2) is 14.7. The Bertz CT molecular complexity index is 3800. The highest BCUT2D eigenvalue weighted by molar-refractivity contribution is 7.26. The Morgan fingerprint density at radius 2 is 0.587 bits per heavy atom. The monoisotopic (exact) mass is 854 g/mol. The zero-order valence-electron chi connectivity index (χ0n) is 33.7. The molecule has 0 atom stereocenters. The van der Waals surface area contributed by atoms with Crippen LogP contribution in [0.1, 0.15) is 0 Å². The molecule has 0 amide bonds. The SMILES string of the molecule is c1ccc(-c2nc(-c3cccc(-c4ccc5sc6ccccc6c5c4)c3)cc(-c3cc(-c4ccc5sc6ccccc6c5c4)cc(-c4ccc5sc6ccccc6c5c4)c3)n2)cc1. The molecule has 0 bridgehead atoms. The minimum absolute atomic E-state index is 0.698. The number of nitrogens with zero attached hydrogens (tertiary/aromatic N) is 2. The lowest BCUT2D eigenvalue weighted by molar-refractivity contribution is 1.18. The van der Waals surface area contributed by atoms with E-state index in [0.717, 1.165) is 44.8 Å². The molecule has 0 aliphatic heterocycles. The van der Waals surface area contributed by atoms with Crippen molar-refractivity contribution in [2.24, 2.45) is 0 Å². The number of hydrogen-bond donors (Lipinski definition) is 0. The van der Waals surface area contributed by atoms with Gasteiger partial charge < -0.3 is 0 Å². The fraction of sp³-hybridized carbons (Fsp3) is 0. The van der Waals surface area contributed by atoms with Gasteiger partial charge in [0, 0.05) is 77.2 Å². The third kappa shape index (κ3) is 6.35. The zero-order valence-corrected chi connectivity index (χ0v) is 36.2. The minimum atomic E-state index is 0.698. The van der Waals surface area contributed by atoms with Crippen molar-refractivity contribution >= 4 is 94.5 Å². The van der Waals surface area contributed by atoms with Gasteiger partial charge in [0.25, 0.3) is 0 Å². The van der Waals surface area contributed by atoms with Gasteiger partial charge in [0.1, 0.15) is 0 Å². The van der Waals surface area contributed by atoms with Crippen LogP contribution in [-0.4, -0.2) is 9.97 Å². The van der Waals surface area contributed by atoms with Gasteiger partial charge in [-0.3, -0.25) is 0 Å². The third-order valence-electron chi connectivity index (χ3n) is 12.3. The molecule has 0 saturated heterocycles. The molecule has 2 nitrogen and oxygen atoms in total. The normalized spacial score (nSPS) is 11.8. The van der Waals surface area contributed by atoms with Gasteiger partial charge in [-0.15, -0.1) is 34.0 Å².